The highest BCUT2D eigenvalue weighted by Gasteiger charge is 2.36. The largest absolute Gasteiger partial charge is 0.416 e. The van der Waals surface area contributed by atoms with Crippen LogP contribution in [0.1, 0.15) is 30.1 Å². The van der Waals surface area contributed by atoms with Gasteiger partial charge < -0.3 is 10.1 Å². The summed E-state index contributed by atoms with van der Waals surface area (Å²) in [6, 6.07) is 5.86. The number of benzene rings is 1. The smallest absolute Gasteiger partial charge is 0.373 e. The molecule has 1 heterocycles. The Morgan fingerprint density at radius 3 is 2.67 bits per heavy atom. The van der Waals surface area contributed by atoms with Gasteiger partial charge in [-0.3, -0.25) is 0 Å². The second kappa shape index (κ2) is 5.28. The van der Waals surface area contributed by atoms with Gasteiger partial charge in [0.05, 0.1) is 11.7 Å². The van der Waals surface area contributed by atoms with Crippen molar-refractivity contribution in [2.75, 3.05) is 13.7 Å². The number of halogens is 3. The van der Waals surface area contributed by atoms with Gasteiger partial charge in [0, 0.05) is 12.6 Å². The molecule has 0 aliphatic carbocycles. The van der Waals surface area contributed by atoms with Crippen molar-refractivity contribution in [3.63, 3.8) is 0 Å². The van der Waals surface area contributed by atoms with Crippen LogP contribution >= 0.6 is 0 Å². The van der Waals surface area contributed by atoms with E-state index in [0.29, 0.717) is 13.0 Å². The van der Waals surface area contributed by atoms with Gasteiger partial charge in [-0.05, 0) is 31.5 Å². The Bertz CT molecular complexity index is 405. The third-order valence-corrected chi connectivity index (χ3v) is 3.31. The summed E-state index contributed by atoms with van der Waals surface area (Å²) in [6.07, 6.45) is -3.40. The minimum Gasteiger partial charge on any atom is -0.373 e. The van der Waals surface area contributed by atoms with Gasteiger partial charge in [-0.2, -0.15) is 13.2 Å². The lowest BCUT2D eigenvalue weighted by Gasteiger charge is -2.31. The molecule has 18 heavy (non-hydrogen) atoms. The molecule has 0 aromatic heterocycles. The second-order valence-electron chi connectivity index (χ2n) is 4.45. The van der Waals surface area contributed by atoms with Crippen LogP contribution in [0, 0.1) is 0 Å². The SMILES string of the molecule is CNC1CCOC(c2ccccc2C(F)(F)F)C1. The number of nitrogens with one attached hydrogen (secondary N) is 1. The predicted octanol–water partition coefficient (Wildman–Crippen LogP) is 3.14. The van der Waals surface area contributed by atoms with E-state index < -0.39 is 17.8 Å². The van der Waals surface area contributed by atoms with Crippen molar-refractivity contribution in [3.05, 3.63) is 35.4 Å². The van der Waals surface area contributed by atoms with E-state index in [-0.39, 0.29) is 11.6 Å². The Labute approximate surface area is 104 Å². The van der Waals surface area contributed by atoms with Crippen LogP contribution in [0.2, 0.25) is 0 Å². The lowest BCUT2D eigenvalue weighted by atomic mass is 9.94. The number of hydrogen-bond donors (Lipinski definition) is 1. The molecule has 1 aliphatic rings. The number of hydrogen-bond acceptors (Lipinski definition) is 2. The lowest BCUT2D eigenvalue weighted by Crippen LogP contribution is -2.34. The van der Waals surface area contributed by atoms with Crippen molar-refractivity contribution in [2.45, 2.75) is 31.2 Å². The summed E-state index contributed by atoms with van der Waals surface area (Å²) in [5, 5.41) is 3.10. The molecule has 1 aromatic rings. The van der Waals surface area contributed by atoms with Crippen molar-refractivity contribution >= 4 is 0 Å². The molecule has 1 saturated heterocycles. The third kappa shape index (κ3) is 2.84. The molecule has 1 aliphatic heterocycles. The van der Waals surface area contributed by atoms with Crippen molar-refractivity contribution < 1.29 is 17.9 Å². The van der Waals surface area contributed by atoms with Crippen LogP contribution in [0.4, 0.5) is 13.2 Å². The predicted molar refractivity (Wildman–Crippen MR) is 62.2 cm³/mol. The van der Waals surface area contributed by atoms with Gasteiger partial charge >= 0.3 is 6.18 Å². The molecule has 0 saturated carbocycles. The molecule has 1 N–H and O–H groups in total. The van der Waals surface area contributed by atoms with Crippen LogP contribution in [-0.2, 0) is 10.9 Å². The summed E-state index contributed by atoms with van der Waals surface area (Å²) in [5.74, 6) is 0. The number of alkyl halides is 3. The Balaban J connectivity index is 2.27. The molecule has 2 rings (SSSR count). The molecular formula is C13H16F3NO. The van der Waals surface area contributed by atoms with E-state index in [1.807, 2.05) is 7.05 Å². The first-order valence-corrected chi connectivity index (χ1v) is 5.97. The van der Waals surface area contributed by atoms with Gasteiger partial charge in [-0.15, -0.1) is 0 Å². The van der Waals surface area contributed by atoms with Crippen LogP contribution < -0.4 is 5.32 Å². The van der Waals surface area contributed by atoms with Gasteiger partial charge in [0.1, 0.15) is 0 Å². The molecule has 100 valence electrons. The Morgan fingerprint density at radius 1 is 1.28 bits per heavy atom. The van der Waals surface area contributed by atoms with Crippen LogP contribution in [0.3, 0.4) is 0 Å². The third-order valence-electron chi connectivity index (χ3n) is 3.31. The maximum Gasteiger partial charge on any atom is 0.416 e. The van der Waals surface area contributed by atoms with E-state index in [1.54, 1.807) is 6.07 Å². The van der Waals surface area contributed by atoms with Crippen LogP contribution in [0.5, 0.6) is 0 Å². The maximum absolute atomic E-state index is 12.9. The molecular weight excluding hydrogens is 243 g/mol. The van der Waals surface area contributed by atoms with E-state index in [9.17, 15) is 13.2 Å². The van der Waals surface area contributed by atoms with E-state index in [1.165, 1.54) is 12.1 Å². The minimum absolute atomic E-state index is 0.213. The topological polar surface area (TPSA) is 21.3 Å². The molecule has 2 atom stereocenters. The molecule has 2 unspecified atom stereocenters. The van der Waals surface area contributed by atoms with E-state index in [2.05, 4.69) is 5.32 Å². The summed E-state index contributed by atoms with van der Waals surface area (Å²) in [7, 11) is 1.82. The van der Waals surface area contributed by atoms with Crippen molar-refractivity contribution in [3.8, 4) is 0 Å². The molecule has 0 spiro atoms. The van der Waals surface area contributed by atoms with Crippen molar-refractivity contribution in [1.29, 1.82) is 0 Å². The highest BCUT2D eigenvalue weighted by atomic mass is 19.4. The highest BCUT2D eigenvalue weighted by Crippen LogP contribution is 2.38. The minimum atomic E-state index is -4.33. The molecule has 1 fully saturated rings. The summed E-state index contributed by atoms with van der Waals surface area (Å²) in [5.41, 5.74) is -0.350. The first-order chi connectivity index (χ1) is 8.52. The highest BCUT2D eigenvalue weighted by molar-refractivity contribution is 5.32. The molecule has 5 heteroatoms. The zero-order valence-corrected chi connectivity index (χ0v) is 10.1. The zero-order chi connectivity index (χ0) is 13.2. The quantitative estimate of drug-likeness (QED) is 0.881. The fourth-order valence-corrected chi connectivity index (χ4v) is 2.31. The number of ether oxygens (including phenoxy) is 1. The van der Waals surface area contributed by atoms with Gasteiger partial charge in [0.25, 0.3) is 0 Å². The van der Waals surface area contributed by atoms with Gasteiger partial charge in [-0.25, -0.2) is 0 Å². The standard InChI is InChI=1S/C13H16F3NO/c1-17-9-6-7-18-12(8-9)10-4-2-3-5-11(10)13(14,15)16/h2-5,9,12,17H,6-8H2,1H3. The summed E-state index contributed by atoms with van der Waals surface area (Å²) < 4.78 is 44.2. The van der Waals surface area contributed by atoms with Crippen molar-refractivity contribution in [2.24, 2.45) is 0 Å². The average molecular weight is 259 g/mol. The summed E-state index contributed by atoms with van der Waals surface area (Å²) >= 11 is 0. The van der Waals surface area contributed by atoms with E-state index in [4.69, 9.17) is 4.74 Å². The Kier molecular flexibility index (Phi) is 3.92. The molecule has 0 bridgehead atoms. The summed E-state index contributed by atoms with van der Waals surface area (Å²) in [4.78, 5) is 0. The zero-order valence-electron chi connectivity index (χ0n) is 10.1. The first kappa shape index (κ1) is 13.4. The monoisotopic (exact) mass is 259 g/mol. The van der Waals surface area contributed by atoms with Gasteiger partial charge in [-0.1, -0.05) is 18.2 Å². The van der Waals surface area contributed by atoms with E-state index in [0.717, 1.165) is 12.5 Å². The Hall–Kier alpha value is -1.07. The van der Waals surface area contributed by atoms with Crippen LogP contribution in [-0.4, -0.2) is 19.7 Å². The molecule has 0 radical (unpaired) electrons. The molecule has 2 nitrogen and oxygen atoms in total. The van der Waals surface area contributed by atoms with Crippen LogP contribution in [0.15, 0.2) is 24.3 Å². The maximum atomic E-state index is 12.9. The molecule has 0 amide bonds. The molecule has 1 aromatic carbocycles. The van der Waals surface area contributed by atoms with Crippen LogP contribution in [0.25, 0.3) is 0 Å². The average Bonchev–Trinajstić information content (AvgIpc) is 2.38. The fraction of sp³-hybridized carbons (Fsp3) is 0.538. The van der Waals surface area contributed by atoms with Gasteiger partial charge in [0.2, 0.25) is 0 Å². The normalized spacial score (nSPS) is 25.1. The number of rotatable bonds is 2. The van der Waals surface area contributed by atoms with Gasteiger partial charge in [0.15, 0.2) is 0 Å². The first-order valence-electron chi connectivity index (χ1n) is 5.97. The fourth-order valence-electron chi connectivity index (χ4n) is 2.31. The second-order valence-corrected chi connectivity index (χ2v) is 4.45. The van der Waals surface area contributed by atoms with Crippen molar-refractivity contribution in [1.82, 2.24) is 5.32 Å². The Morgan fingerprint density at radius 2 is 2.00 bits per heavy atom. The lowest BCUT2D eigenvalue weighted by molar-refractivity contribution is -0.140. The summed E-state index contributed by atoms with van der Waals surface area (Å²) in [6.45, 7) is 0.488. The van der Waals surface area contributed by atoms with E-state index >= 15 is 0 Å².